The second-order valence-corrected chi connectivity index (χ2v) is 5.87. The number of nitrogens with zero attached hydrogens (tertiary/aromatic N) is 2. The first-order valence-corrected chi connectivity index (χ1v) is 6.98. The van der Waals surface area contributed by atoms with Crippen LogP contribution in [0.4, 0.5) is 16.5 Å². The summed E-state index contributed by atoms with van der Waals surface area (Å²) in [6.07, 6.45) is 0. The molecular formula is C12H11ClN4O3S. The molecule has 0 bridgehead atoms. The lowest BCUT2D eigenvalue weighted by atomic mass is 10.1. The van der Waals surface area contributed by atoms with E-state index in [-0.39, 0.29) is 22.0 Å². The Hall–Kier alpha value is -2.19. The number of amides is 1. The SMILES string of the molecule is Cc1nc(NC(=O)c2cc([N+](=O)[O-])cc(Cl)c2N)sc1C. The van der Waals surface area contributed by atoms with Crippen molar-refractivity contribution in [2.75, 3.05) is 11.1 Å². The molecule has 0 unspecified atom stereocenters. The van der Waals surface area contributed by atoms with E-state index in [1.807, 2.05) is 13.8 Å². The van der Waals surface area contributed by atoms with Gasteiger partial charge in [-0.15, -0.1) is 11.3 Å². The first-order valence-electron chi connectivity index (χ1n) is 5.78. The molecule has 21 heavy (non-hydrogen) atoms. The Morgan fingerprint density at radius 3 is 2.67 bits per heavy atom. The van der Waals surface area contributed by atoms with E-state index in [9.17, 15) is 14.9 Å². The first kappa shape index (κ1) is 15.2. The quantitative estimate of drug-likeness (QED) is 0.511. The zero-order valence-corrected chi connectivity index (χ0v) is 12.7. The maximum Gasteiger partial charge on any atom is 0.271 e. The highest BCUT2D eigenvalue weighted by atomic mass is 35.5. The van der Waals surface area contributed by atoms with Crippen LogP contribution in [0.3, 0.4) is 0 Å². The Balaban J connectivity index is 2.36. The predicted octanol–water partition coefficient (Wildman–Crippen LogP) is 3.16. The van der Waals surface area contributed by atoms with E-state index in [4.69, 9.17) is 17.3 Å². The molecule has 1 aromatic heterocycles. The molecule has 1 amide bonds. The fourth-order valence-corrected chi connectivity index (χ4v) is 2.61. The average Bonchev–Trinajstić information content (AvgIpc) is 2.70. The number of anilines is 2. The van der Waals surface area contributed by atoms with Crippen LogP contribution < -0.4 is 11.1 Å². The molecule has 0 spiro atoms. The van der Waals surface area contributed by atoms with Crippen LogP contribution in [-0.2, 0) is 0 Å². The summed E-state index contributed by atoms with van der Waals surface area (Å²) in [5.74, 6) is -0.591. The summed E-state index contributed by atoms with van der Waals surface area (Å²) in [7, 11) is 0. The second kappa shape index (κ2) is 5.66. The van der Waals surface area contributed by atoms with Crippen LogP contribution in [0.15, 0.2) is 12.1 Å². The Labute approximate surface area is 128 Å². The van der Waals surface area contributed by atoms with Gasteiger partial charge in [-0.1, -0.05) is 11.6 Å². The summed E-state index contributed by atoms with van der Waals surface area (Å²) in [5, 5.41) is 13.7. The van der Waals surface area contributed by atoms with Crippen molar-refractivity contribution in [1.29, 1.82) is 0 Å². The van der Waals surface area contributed by atoms with Gasteiger partial charge in [0.15, 0.2) is 5.13 Å². The van der Waals surface area contributed by atoms with Gasteiger partial charge in [0, 0.05) is 17.0 Å². The monoisotopic (exact) mass is 326 g/mol. The van der Waals surface area contributed by atoms with Crippen molar-refractivity contribution in [2.45, 2.75) is 13.8 Å². The van der Waals surface area contributed by atoms with E-state index < -0.39 is 10.8 Å². The van der Waals surface area contributed by atoms with Gasteiger partial charge >= 0.3 is 0 Å². The van der Waals surface area contributed by atoms with Crippen molar-refractivity contribution in [2.24, 2.45) is 0 Å². The molecule has 0 fully saturated rings. The molecule has 2 rings (SSSR count). The van der Waals surface area contributed by atoms with Crippen LogP contribution in [0.25, 0.3) is 0 Å². The number of carbonyl (C=O) groups is 1. The molecular weight excluding hydrogens is 316 g/mol. The number of hydrogen-bond donors (Lipinski definition) is 2. The summed E-state index contributed by atoms with van der Waals surface area (Å²) >= 11 is 7.12. The first-order chi connectivity index (χ1) is 9.79. The van der Waals surface area contributed by atoms with E-state index in [1.54, 1.807) is 0 Å². The molecule has 7 nitrogen and oxygen atoms in total. The van der Waals surface area contributed by atoms with Crippen LogP contribution in [0.1, 0.15) is 20.9 Å². The molecule has 110 valence electrons. The van der Waals surface area contributed by atoms with E-state index in [0.29, 0.717) is 5.13 Å². The second-order valence-electron chi connectivity index (χ2n) is 4.26. The van der Waals surface area contributed by atoms with Gasteiger partial charge in [-0.25, -0.2) is 4.98 Å². The van der Waals surface area contributed by atoms with Crippen molar-refractivity contribution < 1.29 is 9.72 Å². The molecule has 9 heteroatoms. The third-order valence-corrected chi connectivity index (χ3v) is 4.12. The number of thiazole rings is 1. The lowest BCUT2D eigenvalue weighted by molar-refractivity contribution is -0.384. The van der Waals surface area contributed by atoms with Crippen molar-refractivity contribution >= 4 is 45.4 Å². The number of aryl methyl sites for hydroxylation is 2. The number of hydrogen-bond acceptors (Lipinski definition) is 6. The smallest absolute Gasteiger partial charge is 0.271 e. The van der Waals surface area contributed by atoms with Crippen LogP contribution in [0, 0.1) is 24.0 Å². The van der Waals surface area contributed by atoms with Crippen molar-refractivity contribution in [3.63, 3.8) is 0 Å². The lowest BCUT2D eigenvalue weighted by Gasteiger charge is -2.07. The minimum atomic E-state index is -0.639. The standard InChI is InChI=1S/C12H11ClN4O3S/c1-5-6(2)21-12(15-5)16-11(18)8-3-7(17(19)20)4-9(13)10(8)14/h3-4H,14H2,1-2H3,(H,15,16,18). The third kappa shape index (κ3) is 3.11. The number of halogens is 1. The van der Waals surface area contributed by atoms with Gasteiger partial charge < -0.3 is 5.73 Å². The number of aromatic nitrogens is 1. The number of nitrogens with one attached hydrogen (secondary N) is 1. The molecule has 0 radical (unpaired) electrons. The molecule has 0 atom stereocenters. The maximum atomic E-state index is 12.2. The molecule has 1 heterocycles. The van der Waals surface area contributed by atoms with Gasteiger partial charge in [0.25, 0.3) is 11.6 Å². The normalized spacial score (nSPS) is 10.4. The summed E-state index contributed by atoms with van der Waals surface area (Å²) in [6.45, 7) is 3.70. The van der Waals surface area contributed by atoms with Crippen molar-refractivity contribution in [1.82, 2.24) is 4.98 Å². The third-order valence-electron chi connectivity index (χ3n) is 2.82. The molecule has 3 N–H and O–H groups in total. The fourth-order valence-electron chi connectivity index (χ4n) is 1.59. The van der Waals surface area contributed by atoms with Crippen LogP contribution >= 0.6 is 22.9 Å². The number of benzene rings is 1. The molecule has 0 saturated carbocycles. The van der Waals surface area contributed by atoms with Crippen LogP contribution in [0.5, 0.6) is 0 Å². The summed E-state index contributed by atoms with van der Waals surface area (Å²) in [4.78, 5) is 27.5. The topological polar surface area (TPSA) is 111 Å². The van der Waals surface area contributed by atoms with Gasteiger partial charge in [-0.2, -0.15) is 0 Å². The Morgan fingerprint density at radius 1 is 1.48 bits per heavy atom. The maximum absolute atomic E-state index is 12.2. The molecule has 0 saturated heterocycles. The minimum Gasteiger partial charge on any atom is -0.397 e. The van der Waals surface area contributed by atoms with Gasteiger partial charge in [0.1, 0.15) is 0 Å². The Morgan fingerprint density at radius 2 is 2.14 bits per heavy atom. The number of carbonyl (C=O) groups excluding carboxylic acids is 1. The molecule has 0 aliphatic carbocycles. The highest BCUT2D eigenvalue weighted by molar-refractivity contribution is 7.15. The van der Waals surface area contributed by atoms with Crippen molar-refractivity contribution in [3.8, 4) is 0 Å². The average molecular weight is 327 g/mol. The van der Waals surface area contributed by atoms with Gasteiger partial charge in [0.05, 0.1) is 26.9 Å². The fraction of sp³-hybridized carbons (Fsp3) is 0.167. The van der Waals surface area contributed by atoms with E-state index >= 15 is 0 Å². The van der Waals surface area contributed by atoms with Crippen molar-refractivity contribution in [3.05, 3.63) is 43.4 Å². The van der Waals surface area contributed by atoms with E-state index in [2.05, 4.69) is 10.3 Å². The van der Waals surface area contributed by atoms with Crippen LogP contribution in [-0.4, -0.2) is 15.8 Å². The predicted molar refractivity (Wildman–Crippen MR) is 82.1 cm³/mol. The number of non-ortho nitro benzene ring substituents is 1. The molecule has 2 aromatic rings. The van der Waals surface area contributed by atoms with Crippen LogP contribution in [0.2, 0.25) is 5.02 Å². The number of nitrogens with two attached hydrogens (primary N) is 1. The lowest BCUT2D eigenvalue weighted by Crippen LogP contribution is -2.14. The number of rotatable bonds is 3. The zero-order chi connectivity index (χ0) is 15.7. The summed E-state index contributed by atoms with van der Waals surface area (Å²) in [5.41, 5.74) is 6.15. The summed E-state index contributed by atoms with van der Waals surface area (Å²) < 4.78 is 0. The zero-order valence-electron chi connectivity index (χ0n) is 11.1. The summed E-state index contributed by atoms with van der Waals surface area (Å²) in [6, 6.07) is 2.19. The van der Waals surface area contributed by atoms with Gasteiger partial charge in [-0.3, -0.25) is 20.2 Å². The number of nitro benzene ring substituents is 1. The van der Waals surface area contributed by atoms with Gasteiger partial charge in [-0.05, 0) is 13.8 Å². The van der Waals surface area contributed by atoms with Gasteiger partial charge in [0.2, 0.25) is 0 Å². The Bertz CT molecular complexity index is 725. The molecule has 1 aromatic carbocycles. The van der Waals surface area contributed by atoms with E-state index in [1.165, 1.54) is 11.3 Å². The molecule has 0 aliphatic rings. The number of nitrogen functional groups attached to an aromatic ring is 1. The number of nitro groups is 1. The highest BCUT2D eigenvalue weighted by Gasteiger charge is 2.20. The minimum absolute atomic E-state index is 0.00948. The molecule has 0 aliphatic heterocycles. The highest BCUT2D eigenvalue weighted by Crippen LogP contribution is 2.30. The largest absolute Gasteiger partial charge is 0.397 e. The Kier molecular flexibility index (Phi) is 4.10. The van der Waals surface area contributed by atoms with E-state index in [0.717, 1.165) is 22.7 Å².